The molecule has 23 heavy (non-hydrogen) atoms. The van der Waals surface area contributed by atoms with Crippen molar-refractivity contribution < 1.29 is 9.47 Å². The van der Waals surface area contributed by atoms with Gasteiger partial charge in [0.1, 0.15) is 24.7 Å². The molecule has 1 aromatic carbocycles. The normalized spacial score (nSPS) is 10.9. The number of nitrogens with zero attached hydrogens (tertiary/aromatic N) is 2. The number of para-hydroxylation sites is 1. The Morgan fingerprint density at radius 2 is 1.61 bits per heavy atom. The molecule has 0 saturated heterocycles. The molecule has 0 amide bonds. The molecule has 0 atom stereocenters. The topological polar surface area (TPSA) is 67.8 Å². The van der Waals surface area contributed by atoms with Crippen molar-refractivity contribution >= 4 is 5.96 Å². The molecule has 0 unspecified atom stereocenters. The second-order valence-electron chi connectivity index (χ2n) is 4.62. The molecule has 0 aliphatic rings. The van der Waals surface area contributed by atoms with Gasteiger partial charge in [-0.15, -0.1) is 0 Å². The van der Waals surface area contributed by atoms with Gasteiger partial charge in [0, 0.05) is 13.2 Å². The lowest BCUT2D eigenvalue weighted by molar-refractivity contribution is 0.316. The molecule has 0 radical (unpaired) electrons. The van der Waals surface area contributed by atoms with E-state index >= 15 is 0 Å². The maximum Gasteiger partial charge on any atom is 0.191 e. The number of benzene rings is 1. The van der Waals surface area contributed by atoms with E-state index in [0.29, 0.717) is 26.3 Å². The summed E-state index contributed by atoms with van der Waals surface area (Å²) in [6.07, 6.45) is 3.41. The zero-order valence-corrected chi connectivity index (χ0v) is 13.2. The number of nitrogens with one attached hydrogen (secondary N) is 2. The molecule has 1 heterocycles. The van der Waals surface area contributed by atoms with Gasteiger partial charge >= 0.3 is 0 Å². The number of aliphatic imine (C=N–C) groups is 1. The summed E-state index contributed by atoms with van der Waals surface area (Å²) in [7, 11) is 1.73. The Hall–Kier alpha value is -2.76. The fourth-order valence-corrected chi connectivity index (χ4v) is 1.85. The summed E-state index contributed by atoms with van der Waals surface area (Å²) in [6.45, 7) is 2.41. The van der Waals surface area contributed by atoms with Crippen LogP contribution >= 0.6 is 0 Å². The molecular formula is C17H22N4O2. The largest absolute Gasteiger partial charge is 0.492 e. The van der Waals surface area contributed by atoms with E-state index in [1.54, 1.807) is 19.4 Å². The highest BCUT2D eigenvalue weighted by Crippen LogP contribution is 2.07. The Labute approximate surface area is 136 Å². The average Bonchev–Trinajstić information content (AvgIpc) is 2.62. The Morgan fingerprint density at radius 3 is 2.22 bits per heavy atom. The summed E-state index contributed by atoms with van der Waals surface area (Å²) >= 11 is 0. The number of rotatable bonds is 8. The summed E-state index contributed by atoms with van der Waals surface area (Å²) in [6, 6.07) is 13.4. The van der Waals surface area contributed by atoms with Crippen molar-refractivity contribution in [3.05, 3.63) is 54.9 Å². The highest BCUT2D eigenvalue weighted by molar-refractivity contribution is 5.79. The highest BCUT2D eigenvalue weighted by Gasteiger charge is 1.98. The van der Waals surface area contributed by atoms with E-state index < -0.39 is 0 Å². The Bertz CT molecular complexity index is 526. The summed E-state index contributed by atoms with van der Waals surface area (Å²) < 4.78 is 11.2. The predicted octanol–water partition coefficient (Wildman–Crippen LogP) is 1.70. The number of ether oxygens (including phenoxy) is 2. The van der Waals surface area contributed by atoms with Crippen LogP contribution < -0.4 is 20.1 Å². The van der Waals surface area contributed by atoms with E-state index in [1.165, 1.54) is 0 Å². The number of aromatic nitrogens is 1. The zero-order valence-electron chi connectivity index (χ0n) is 13.2. The van der Waals surface area contributed by atoms with Gasteiger partial charge in [-0.25, -0.2) is 0 Å². The van der Waals surface area contributed by atoms with Gasteiger partial charge in [-0.3, -0.25) is 9.98 Å². The first-order valence-corrected chi connectivity index (χ1v) is 7.53. The summed E-state index contributed by atoms with van der Waals surface area (Å²) in [5.41, 5.74) is 0. The maximum atomic E-state index is 5.61. The van der Waals surface area contributed by atoms with Crippen LogP contribution in [-0.4, -0.2) is 44.3 Å². The lowest BCUT2D eigenvalue weighted by Gasteiger charge is -2.13. The first-order valence-electron chi connectivity index (χ1n) is 7.53. The molecule has 122 valence electrons. The molecule has 0 bridgehead atoms. The van der Waals surface area contributed by atoms with Crippen LogP contribution in [0.25, 0.3) is 0 Å². The molecule has 2 N–H and O–H groups in total. The molecular weight excluding hydrogens is 292 g/mol. The van der Waals surface area contributed by atoms with Crippen molar-refractivity contribution in [1.82, 2.24) is 15.6 Å². The SMILES string of the molecule is CN=C(NCCOc1ccccc1)NCCOc1cccnc1. The van der Waals surface area contributed by atoms with Crippen molar-refractivity contribution in [2.75, 3.05) is 33.4 Å². The van der Waals surface area contributed by atoms with Crippen LogP contribution in [0.15, 0.2) is 59.9 Å². The molecule has 6 nitrogen and oxygen atoms in total. The van der Waals surface area contributed by atoms with Crippen LogP contribution in [0, 0.1) is 0 Å². The van der Waals surface area contributed by atoms with Gasteiger partial charge in [-0.1, -0.05) is 18.2 Å². The summed E-state index contributed by atoms with van der Waals surface area (Å²) in [5.74, 6) is 2.34. The zero-order chi connectivity index (χ0) is 16.2. The lowest BCUT2D eigenvalue weighted by Crippen LogP contribution is -2.40. The van der Waals surface area contributed by atoms with E-state index in [1.807, 2.05) is 42.5 Å². The summed E-state index contributed by atoms with van der Waals surface area (Å²) in [5, 5.41) is 6.36. The van der Waals surface area contributed by atoms with Crippen LogP contribution in [0.2, 0.25) is 0 Å². The molecule has 0 spiro atoms. The molecule has 0 aliphatic carbocycles. The number of hydrogen-bond acceptors (Lipinski definition) is 4. The van der Waals surface area contributed by atoms with Gasteiger partial charge in [0.2, 0.25) is 0 Å². The fraction of sp³-hybridized carbons (Fsp3) is 0.294. The first kappa shape index (κ1) is 16.6. The van der Waals surface area contributed by atoms with E-state index in [2.05, 4.69) is 20.6 Å². The van der Waals surface area contributed by atoms with Gasteiger partial charge in [-0.05, 0) is 24.3 Å². The maximum absolute atomic E-state index is 5.61. The van der Waals surface area contributed by atoms with Crippen LogP contribution in [-0.2, 0) is 0 Å². The van der Waals surface area contributed by atoms with E-state index in [4.69, 9.17) is 9.47 Å². The second-order valence-corrected chi connectivity index (χ2v) is 4.62. The lowest BCUT2D eigenvalue weighted by atomic mass is 10.3. The van der Waals surface area contributed by atoms with E-state index in [0.717, 1.165) is 17.5 Å². The molecule has 0 saturated carbocycles. The quantitative estimate of drug-likeness (QED) is 0.441. The summed E-state index contributed by atoms with van der Waals surface area (Å²) in [4.78, 5) is 8.14. The monoisotopic (exact) mass is 314 g/mol. The molecule has 0 fully saturated rings. The number of guanidine groups is 1. The number of pyridine rings is 1. The standard InChI is InChI=1S/C17H22N4O2/c1-18-17(20-10-12-22-15-6-3-2-4-7-15)21-11-13-23-16-8-5-9-19-14-16/h2-9,14H,10-13H2,1H3,(H2,18,20,21). The van der Waals surface area contributed by atoms with Crippen molar-refractivity contribution in [2.45, 2.75) is 0 Å². The van der Waals surface area contributed by atoms with Crippen LogP contribution in [0.5, 0.6) is 11.5 Å². The van der Waals surface area contributed by atoms with E-state index in [-0.39, 0.29) is 0 Å². The molecule has 2 aromatic rings. The smallest absolute Gasteiger partial charge is 0.191 e. The molecule has 6 heteroatoms. The molecule has 1 aromatic heterocycles. The number of hydrogen-bond donors (Lipinski definition) is 2. The Balaban J connectivity index is 1.56. The minimum absolute atomic E-state index is 0.535. The van der Waals surface area contributed by atoms with Gasteiger partial charge in [0.25, 0.3) is 0 Å². The Kier molecular flexibility index (Phi) is 7.26. The Morgan fingerprint density at radius 1 is 0.957 bits per heavy atom. The van der Waals surface area contributed by atoms with Crippen molar-refractivity contribution in [3.8, 4) is 11.5 Å². The molecule has 2 rings (SSSR count). The van der Waals surface area contributed by atoms with Crippen molar-refractivity contribution in [3.63, 3.8) is 0 Å². The van der Waals surface area contributed by atoms with Gasteiger partial charge < -0.3 is 20.1 Å². The van der Waals surface area contributed by atoms with Crippen molar-refractivity contribution in [2.24, 2.45) is 4.99 Å². The van der Waals surface area contributed by atoms with Gasteiger partial charge in [0.05, 0.1) is 19.3 Å². The van der Waals surface area contributed by atoms with Crippen LogP contribution in [0.4, 0.5) is 0 Å². The average molecular weight is 314 g/mol. The second kappa shape index (κ2) is 10.0. The minimum atomic E-state index is 0.535. The first-order chi connectivity index (χ1) is 11.4. The minimum Gasteiger partial charge on any atom is -0.492 e. The third-order valence-corrected chi connectivity index (χ3v) is 2.93. The van der Waals surface area contributed by atoms with Gasteiger partial charge in [0.15, 0.2) is 5.96 Å². The van der Waals surface area contributed by atoms with E-state index in [9.17, 15) is 0 Å². The van der Waals surface area contributed by atoms with Crippen LogP contribution in [0.1, 0.15) is 0 Å². The predicted molar refractivity (Wildman–Crippen MR) is 91.0 cm³/mol. The van der Waals surface area contributed by atoms with Crippen molar-refractivity contribution in [1.29, 1.82) is 0 Å². The fourth-order valence-electron chi connectivity index (χ4n) is 1.85. The molecule has 0 aliphatic heterocycles. The van der Waals surface area contributed by atoms with Crippen LogP contribution in [0.3, 0.4) is 0 Å². The third kappa shape index (κ3) is 6.69. The highest BCUT2D eigenvalue weighted by atomic mass is 16.5. The third-order valence-electron chi connectivity index (χ3n) is 2.93. The van der Waals surface area contributed by atoms with Gasteiger partial charge in [-0.2, -0.15) is 0 Å².